The third-order valence-electron chi connectivity index (χ3n) is 2.90. The Bertz CT molecular complexity index is 910. The van der Waals surface area contributed by atoms with Crippen LogP contribution in [0.4, 0.5) is 0 Å². The van der Waals surface area contributed by atoms with Crippen LogP contribution in [-0.2, 0) is 0 Å². The van der Waals surface area contributed by atoms with Crippen LogP contribution in [0.1, 0.15) is 5.56 Å². The van der Waals surface area contributed by atoms with E-state index in [1.54, 1.807) is 34.8 Å². The normalized spacial score (nSPS) is 11.1. The van der Waals surface area contributed by atoms with Crippen molar-refractivity contribution in [2.24, 2.45) is 0 Å². The van der Waals surface area contributed by atoms with Gasteiger partial charge in [-0.2, -0.15) is 5.26 Å². The summed E-state index contributed by atoms with van der Waals surface area (Å²) in [6.45, 7) is 0. The highest BCUT2D eigenvalue weighted by Crippen LogP contribution is 2.35. The minimum atomic E-state index is 0.596. The third-order valence-corrected chi connectivity index (χ3v) is 4.99. The largest absolute Gasteiger partial charge is 0.282 e. The fraction of sp³-hybridized carbons (Fsp3) is 0. The molecule has 0 aliphatic rings. The molecule has 0 N–H and O–H groups in total. The smallest absolute Gasteiger partial charge is 0.178 e. The second-order valence-electron chi connectivity index (χ2n) is 4.04. The highest BCUT2D eigenvalue weighted by molar-refractivity contribution is 7.28. The first-order chi connectivity index (χ1) is 9.35. The van der Waals surface area contributed by atoms with Crippen molar-refractivity contribution in [3.8, 4) is 16.8 Å². The van der Waals surface area contributed by atoms with Crippen LogP contribution in [-0.4, -0.2) is 14.6 Å². The number of hydrogen-bond donors (Lipinski definition) is 0. The quantitative estimate of drug-likeness (QED) is 0.536. The van der Waals surface area contributed by atoms with Crippen LogP contribution in [0.2, 0.25) is 0 Å². The van der Waals surface area contributed by atoms with Crippen LogP contribution < -0.4 is 0 Å². The van der Waals surface area contributed by atoms with Crippen molar-refractivity contribution in [3.63, 3.8) is 0 Å². The molecule has 0 aliphatic carbocycles. The summed E-state index contributed by atoms with van der Waals surface area (Å²) in [5.74, 6) is 0.827. The minimum Gasteiger partial charge on any atom is -0.282 e. The molecule has 0 saturated heterocycles. The van der Waals surface area contributed by atoms with E-state index in [1.165, 1.54) is 9.40 Å². The number of nitrogens with zero attached hydrogens (tertiary/aromatic N) is 4. The highest BCUT2D eigenvalue weighted by Gasteiger charge is 2.12. The van der Waals surface area contributed by atoms with Gasteiger partial charge >= 0.3 is 0 Å². The average molecular weight is 282 g/mol. The Morgan fingerprint density at radius 2 is 2.11 bits per heavy atom. The van der Waals surface area contributed by atoms with Gasteiger partial charge in [0.1, 0.15) is 0 Å². The Labute approximate surface area is 116 Å². The second-order valence-corrected chi connectivity index (χ2v) is 6.07. The predicted octanol–water partition coefficient (Wildman–Crippen LogP) is 3.54. The molecule has 4 heterocycles. The Morgan fingerprint density at radius 3 is 2.95 bits per heavy atom. The molecule has 4 nitrogen and oxygen atoms in total. The molecular weight excluding hydrogens is 276 g/mol. The summed E-state index contributed by atoms with van der Waals surface area (Å²) in [6, 6.07) is 9.88. The van der Waals surface area contributed by atoms with Crippen LogP contribution in [0, 0.1) is 11.3 Å². The van der Waals surface area contributed by atoms with Crippen LogP contribution in [0.25, 0.3) is 25.7 Å². The van der Waals surface area contributed by atoms with E-state index in [-0.39, 0.29) is 0 Å². The van der Waals surface area contributed by atoms with Crippen molar-refractivity contribution in [1.82, 2.24) is 14.6 Å². The van der Waals surface area contributed by atoms with E-state index in [0.717, 1.165) is 10.7 Å². The zero-order valence-corrected chi connectivity index (χ0v) is 11.2. The molecule has 0 atom stereocenters. The predicted molar refractivity (Wildman–Crippen MR) is 76.4 cm³/mol. The highest BCUT2D eigenvalue weighted by atomic mass is 32.1. The average Bonchev–Trinajstić information content (AvgIpc) is 3.10. The number of aromatic nitrogens is 3. The van der Waals surface area contributed by atoms with E-state index in [9.17, 15) is 0 Å². The summed E-state index contributed by atoms with van der Waals surface area (Å²) in [4.78, 5) is 1.10. The van der Waals surface area contributed by atoms with Gasteiger partial charge in [0, 0.05) is 21.7 Å². The lowest BCUT2D eigenvalue weighted by molar-refractivity contribution is 1.12. The minimum absolute atomic E-state index is 0.596. The standard InChI is InChI=1S/C13H6N4S2/c14-7-8-1-3-17-12(5-8)15-16-13(17)11-6-10-9(19-11)2-4-18-10/h1-6H. The van der Waals surface area contributed by atoms with Gasteiger partial charge in [-0.05, 0) is 23.6 Å². The number of rotatable bonds is 1. The Morgan fingerprint density at radius 1 is 1.16 bits per heavy atom. The maximum Gasteiger partial charge on any atom is 0.178 e. The Kier molecular flexibility index (Phi) is 2.18. The molecule has 0 saturated carbocycles. The fourth-order valence-corrected chi connectivity index (χ4v) is 4.10. The van der Waals surface area contributed by atoms with Gasteiger partial charge in [0.25, 0.3) is 0 Å². The molecule has 0 aliphatic heterocycles. The van der Waals surface area contributed by atoms with E-state index < -0.39 is 0 Å². The Balaban J connectivity index is 1.96. The number of nitriles is 1. The van der Waals surface area contributed by atoms with Crippen molar-refractivity contribution in [3.05, 3.63) is 41.4 Å². The van der Waals surface area contributed by atoms with Crippen molar-refractivity contribution < 1.29 is 0 Å². The van der Waals surface area contributed by atoms with E-state index in [0.29, 0.717) is 11.2 Å². The number of hydrogen-bond acceptors (Lipinski definition) is 5. The summed E-state index contributed by atoms with van der Waals surface area (Å²) < 4.78 is 4.45. The zero-order chi connectivity index (χ0) is 12.8. The maximum atomic E-state index is 8.88. The van der Waals surface area contributed by atoms with Gasteiger partial charge in [0.2, 0.25) is 0 Å². The summed E-state index contributed by atoms with van der Waals surface area (Å²) in [5.41, 5.74) is 1.30. The van der Waals surface area contributed by atoms with Gasteiger partial charge in [0.05, 0.1) is 16.5 Å². The second kappa shape index (κ2) is 3.88. The van der Waals surface area contributed by atoms with Crippen LogP contribution in [0.3, 0.4) is 0 Å². The van der Waals surface area contributed by atoms with Gasteiger partial charge in [0.15, 0.2) is 11.5 Å². The molecule has 4 aromatic rings. The molecule has 90 valence electrons. The summed E-state index contributed by atoms with van der Waals surface area (Å²) in [7, 11) is 0. The van der Waals surface area contributed by atoms with Gasteiger partial charge in [-0.25, -0.2) is 0 Å². The molecule has 19 heavy (non-hydrogen) atoms. The van der Waals surface area contributed by atoms with Gasteiger partial charge in [-0.3, -0.25) is 4.40 Å². The van der Waals surface area contributed by atoms with Crippen molar-refractivity contribution in [2.75, 3.05) is 0 Å². The fourth-order valence-electron chi connectivity index (χ4n) is 2.00. The van der Waals surface area contributed by atoms with Crippen molar-refractivity contribution >= 4 is 37.7 Å². The SMILES string of the molecule is N#Cc1ccn2c(-c3cc4sccc4s3)nnc2c1. The molecule has 0 amide bonds. The topological polar surface area (TPSA) is 54.0 Å². The molecule has 0 bridgehead atoms. The lowest BCUT2D eigenvalue weighted by Crippen LogP contribution is -1.87. The van der Waals surface area contributed by atoms with Crippen molar-refractivity contribution in [2.45, 2.75) is 0 Å². The number of thiophene rings is 2. The zero-order valence-electron chi connectivity index (χ0n) is 9.57. The monoisotopic (exact) mass is 282 g/mol. The molecule has 0 spiro atoms. The summed E-state index contributed by atoms with van der Waals surface area (Å²) in [6.07, 6.45) is 1.84. The first-order valence-electron chi connectivity index (χ1n) is 5.57. The Hall–Kier alpha value is -2.23. The van der Waals surface area contributed by atoms with E-state index >= 15 is 0 Å². The van der Waals surface area contributed by atoms with E-state index in [1.807, 2.05) is 10.6 Å². The molecule has 4 rings (SSSR count). The lowest BCUT2D eigenvalue weighted by atomic mass is 10.3. The first-order valence-corrected chi connectivity index (χ1v) is 7.27. The van der Waals surface area contributed by atoms with Crippen molar-refractivity contribution in [1.29, 1.82) is 5.26 Å². The van der Waals surface area contributed by atoms with Crippen LogP contribution >= 0.6 is 22.7 Å². The van der Waals surface area contributed by atoms with Gasteiger partial charge in [-0.1, -0.05) is 0 Å². The number of pyridine rings is 1. The molecule has 4 aromatic heterocycles. The molecule has 0 radical (unpaired) electrons. The maximum absolute atomic E-state index is 8.88. The third kappa shape index (κ3) is 1.56. The van der Waals surface area contributed by atoms with Gasteiger partial charge < -0.3 is 0 Å². The van der Waals surface area contributed by atoms with E-state index in [2.05, 4.69) is 33.8 Å². The first kappa shape index (κ1) is 10.7. The molecule has 0 fully saturated rings. The molecule has 0 aromatic carbocycles. The van der Waals surface area contributed by atoms with E-state index in [4.69, 9.17) is 5.26 Å². The lowest BCUT2D eigenvalue weighted by Gasteiger charge is -1.96. The summed E-state index contributed by atoms with van der Waals surface area (Å²) in [5, 5.41) is 19.3. The molecule has 6 heteroatoms. The summed E-state index contributed by atoms with van der Waals surface area (Å²) >= 11 is 3.44. The molecular formula is C13H6N4S2. The number of fused-ring (bicyclic) bond motifs is 2. The van der Waals surface area contributed by atoms with Gasteiger partial charge in [-0.15, -0.1) is 32.9 Å². The van der Waals surface area contributed by atoms with Crippen LogP contribution in [0.5, 0.6) is 0 Å². The van der Waals surface area contributed by atoms with Crippen LogP contribution in [0.15, 0.2) is 35.8 Å². The molecule has 0 unspecified atom stereocenters.